The lowest BCUT2D eigenvalue weighted by atomic mass is 10.0. The largest absolute Gasteiger partial charge is 0.327 e. The van der Waals surface area contributed by atoms with E-state index in [0.29, 0.717) is 17.5 Å². The molecule has 1 aromatic carbocycles. The van der Waals surface area contributed by atoms with Crippen LogP contribution in [-0.4, -0.2) is 11.0 Å². The van der Waals surface area contributed by atoms with Crippen LogP contribution in [0.4, 0.5) is 4.39 Å². The summed E-state index contributed by atoms with van der Waals surface area (Å²) in [6, 6.07) is 9.94. The van der Waals surface area contributed by atoms with Crippen LogP contribution in [0.2, 0.25) is 0 Å². The predicted molar refractivity (Wildman–Crippen MR) is 74.6 cm³/mol. The summed E-state index contributed by atoms with van der Waals surface area (Å²) in [5.41, 5.74) is 10.8. The second kappa shape index (κ2) is 4.74. The van der Waals surface area contributed by atoms with E-state index in [4.69, 9.17) is 5.73 Å². The molecule has 0 bridgehead atoms. The van der Waals surface area contributed by atoms with Gasteiger partial charge < -0.3 is 5.73 Å². The fourth-order valence-electron chi connectivity index (χ4n) is 2.50. The number of hydrogen-bond donors (Lipinski definition) is 1. The SMILES string of the molecule is Cc1cc([C@H]2C[C@@H]2N)cnc1-c1cccc(CF)c1. The standard InChI is InChI=1S/C16H17FN2/c1-10-5-13(14-7-15(14)18)9-19-16(10)12-4-2-3-11(6-12)8-17/h2-6,9,14-15H,7-8,18H2,1H3/t14-,15+/m1/s1. The molecule has 1 heterocycles. The van der Waals surface area contributed by atoms with Gasteiger partial charge in [-0.25, -0.2) is 4.39 Å². The Morgan fingerprint density at radius 2 is 2.16 bits per heavy atom. The van der Waals surface area contributed by atoms with Crippen LogP contribution in [0.15, 0.2) is 36.5 Å². The van der Waals surface area contributed by atoms with Crippen LogP contribution in [0.5, 0.6) is 0 Å². The Kier molecular flexibility index (Phi) is 3.07. The van der Waals surface area contributed by atoms with Gasteiger partial charge in [-0.15, -0.1) is 0 Å². The molecule has 1 aromatic heterocycles. The van der Waals surface area contributed by atoms with E-state index in [-0.39, 0.29) is 0 Å². The quantitative estimate of drug-likeness (QED) is 0.914. The molecule has 1 saturated carbocycles. The molecule has 0 amide bonds. The summed E-state index contributed by atoms with van der Waals surface area (Å²) in [5, 5.41) is 0. The van der Waals surface area contributed by atoms with Crippen molar-refractivity contribution < 1.29 is 4.39 Å². The van der Waals surface area contributed by atoms with Crippen LogP contribution in [0.25, 0.3) is 11.3 Å². The number of aryl methyl sites for hydroxylation is 1. The highest BCUT2D eigenvalue weighted by Gasteiger charge is 2.35. The smallest absolute Gasteiger partial charge is 0.115 e. The van der Waals surface area contributed by atoms with Crippen LogP contribution < -0.4 is 5.73 Å². The normalized spacial score (nSPS) is 21.4. The second-order valence-corrected chi connectivity index (χ2v) is 5.27. The number of alkyl halides is 1. The van der Waals surface area contributed by atoms with E-state index in [9.17, 15) is 4.39 Å². The number of benzene rings is 1. The van der Waals surface area contributed by atoms with Crippen molar-refractivity contribution in [1.29, 1.82) is 0 Å². The maximum Gasteiger partial charge on any atom is 0.115 e. The molecule has 1 fully saturated rings. The molecule has 1 aliphatic carbocycles. The van der Waals surface area contributed by atoms with Crippen molar-refractivity contribution in [2.45, 2.75) is 32.0 Å². The lowest BCUT2D eigenvalue weighted by Crippen LogP contribution is -2.02. The Labute approximate surface area is 112 Å². The van der Waals surface area contributed by atoms with Gasteiger partial charge in [0.25, 0.3) is 0 Å². The summed E-state index contributed by atoms with van der Waals surface area (Å²) >= 11 is 0. The minimum atomic E-state index is -0.443. The molecule has 0 spiro atoms. The molecule has 2 aromatic rings. The summed E-state index contributed by atoms with van der Waals surface area (Å²) in [4.78, 5) is 4.54. The molecule has 0 unspecified atom stereocenters. The second-order valence-electron chi connectivity index (χ2n) is 5.27. The Morgan fingerprint density at radius 1 is 1.37 bits per heavy atom. The molecule has 2 N–H and O–H groups in total. The predicted octanol–water partition coefficient (Wildman–Crippen LogP) is 3.34. The average Bonchev–Trinajstić information content (AvgIpc) is 3.16. The van der Waals surface area contributed by atoms with Crippen LogP contribution in [0.3, 0.4) is 0 Å². The number of nitrogens with two attached hydrogens (primary N) is 1. The van der Waals surface area contributed by atoms with Crippen LogP contribution in [0, 0.1) is 6.92 Å². The van der Waals surface area contributed by atoms with Gasteiger partial charge >= 0.3 is 0 Å². The molecule has 1 aliphatic rings. The summed E-state index contributed by atoms with van der Waals surface area (Å²) in [6.07, 6.45) is 2.96. The third kappa shape index (κ3) is 2.38. The zero-order valence-electron chi connectivity index (χ0n) is 10.9. The van der Waals surface area contributed by atoms with Crippen molar-refractivity contribution in [3.05, 3.63) is 53.2 Å². The fourth-order valence-corrected chi connectivity index (χ4v) is 2.50. The molecule has 19 heavy (non-hydrogen) atoms. The minimum Gasteiger partial charge on any atom is -0.327 e. The highest BCUT2D eigenvalue weighted by atomic mass is 19.1. The number of pyridine rings is 1. The van der Waals surface area contributed by atoms with Gasteiger partial charge in [-0.1, -0.05) is 24.3 Å². The molecule has 3 heteroatoms. The van der Waals surface area contributed by atoms with E-state index in [1.54, 1.807) is 6.07 Å². The van der Waals surface area contributed by atoms with Gasteiger partial charge in [-0.3, -0.25) is 4.98 Å². The van der Waals surface area contributed by atoms with E-state index in [0.717, 1.165) is 23.2 Å². The van der Waals surface area contributed by atoms with Crippen molar-refractivity contribution in [3.8, 4) is 11.3 Å². The lowest BCUT2D eigenvalue weighted by molar-refractivity contribution is 0.485. The fraction of sp³-hybridized carbons (Fsp3) is 0.312. The number of aromatic nitrogens is 1. The summed E-state index contributed by atoms with van der Waals surface area (Å²) in [7, 11) is 0. The Balaban J connectivity index is 1.96. The number of halogens is 1. The number of nitrogens with zero attached hydrogens (tertiary/aromatic N) is 1. The van der Waals surface area contributed by atoms with Gasteiger partial charge in [0, 0.05) is 23.7 Å². The van der Waals surface area contributed by atoms with E-state index >= 15 is 0 Å². The average molecular weight is 256 g/mol. The zero-order chi connectivity index (χ0) is 13.4. The first kappa shape index (κ1) is 12.3. The van der Waals surface area contributed by atoms with Gasteiger partial charge in [0.1, 0.15) is 6.67 Å². The van der Waals surface area contributed by atoms with Crippen molar-refractivity contribution in [3.63, 3.8) is 0 Å². The topological polar surface area (TPSA) is 38.9 Å². The molecular weight excluding hydrogens is 239 g/mol. The van der Waals surface area contributed by atoms with Gasteiger partial charge in [0.05, 0.1) is 5.69 Å². The van der Waals surface area contributed by atoms with Crippen LogP contribution in [0.1, 0.15) is 29.0 Å². The lowest BCUT2D eigenvalue weighted by Gasteiger charge is -2.08. The first-order chi connectivity index (χ1) is 9.19. The monoisotopic (exact) mass is 256 g/mol. The molecular formula is C16H17FN2. The molecule has 3 rings (SSSR count). The maximum absolute atomic E-state index is 12.7. The van der Waals surface area contributed by atoms with Gasteiger partial charge in [-0.2, -0.15) is 0 Å². The Morgan fingerprint density at radius 3 is 2.79 bits per heavy atom. The van der Waals surface area contributed by atoms with Crippen molar-refractivity contribution in [1.82, 2.24) is 4.98 Å². The van der Waals surface area contributed by atoms with Crippen molar-refractivity contribution >= 4 is 0 Å². The van der Waals surface area contributed by atoms with Gasteiger partial charge in [0.2, 0.25) is 0 Å². The zero-order valence-corrected chi connectivity index (χ0v) is 10.9. The van der Waals surface area contributed by atoms with E-state index in [1.807, 2.05) is 31.3 Å². The van der Waals surface area contributed by atoms with Gasteiger partial charge in [-0.05, 0) is 36.1 Å². The summed E-state index contributed by atoms with van der Waals surface area (Å²) < 4.78 is 12.7. The highest BCUT2D eigenvalue weighted by molar-refractivity contribution is 5.64. The van der Waals surface area contributed by atoms with Crippen molar-refractivity contribution in [2.75, 3.05) is 0 Å². The highest BCUT2D eigenvalue weighted by Crippen LogP contribution is 2.39. The Hall–Kier alpha value is -1.74. The molecule has 98 valence electrons. The van der Waals surface area contributed by atoms with Crippen molar-refractivity contribution in [2.24, 2.45) is 5.73 Å². The molecule has 2 atom stereocenters. The van der Waals surface area contributed by atoms with E-state index < -0.39 is 6.67 Å². The van der Waals surface area contributed by atoms with Gasteiger partial charge in [0.15, 0.2) is 0 Å². The summed E-state index contributed by atoms with van der Waals surface area (Å²) in [6.45, 7) is 1.60. The number of rotatable bonds is 3. The third-order valence-corrected chi connectivity index (χ3v) is 3.72. The molecule has 0 saturated heterocycles. The summed E-state index contributed by atoms with van der Waals surface area (Å²) in [5.74, 6) is 0.470. The molecule has 2 nitrogen and oxygen atoms in total. The van der Waals surface area contributed by atoms with E-state index in [2.05, 4.69) is 11.1 Å². The number of hydrogen-bond acceptors (Lipinski definition) is 2. The minimum absolute atomic E-state index is 0.293. The van der Waals surface area contributed by atoms with Crippen LogP contribution >= 0.6 is 0 Å². The molecule has 0 radical (unpaired) electrons. The Bertz CT molecular complexity index is 609. The third-order valence-electron chi connectivity index (χ3n) is 3.72. The molecule has 0 aliphatic heterocycles. The maximum atomic E-state index is 12.7. The van der Waals surface area contributed by atoms with Crippen LogP contribution in [-0.2, 0) is 6.67 Å². The first-order valence-electron chi connectivity index (χ1n) is 6.56. The first-order valence-corrected chi connectivity index (χ1v) is 6.56. The van der Waals surface area contributed by atoms with E-state index in [1.165, 1.54) is 5.56 Å².